The molecule has 1 aliphatic heterocycles. The van der Waals surface area contributed by atoms with Crippen molar-refractivity contribution in [2.75, 3.05) is 26.7 Å². The largest absolute Gasteiger partial charge is 0.493 e. The van der Waals surface area contributed by atoms with Gasteiger partial charge in [-0.05, 0) is 44.2 Å². The van der Waals surface area contributed by atoms with Gasteiger partial charge in [-0.25, -0.2) is 0 Å². The monoisotopic (exact) mass is 332 g/mol. The number of hydrogen-bond acceptors (Lipinski definition) is 3. The zero-order valence-electron chi connectivity index (χ0n) is 12.2. The van der Waals surface area contributed by atoms with E-state index < -0.39 is 0 Å². The maximum absolute atomic E-state index is 12.0. The highest BCUT2D eigenvalue weighted by Crippen LogP contribution is 2.16. The van der Waals surface area contributed by atoms with Crippen molar-refractivity contribution in [3.8, 4) is 5.75 Å². The minimum atomic E-state index is 0. The van der Waals surface area contributed by atoms with Crippen molar-refractivity contribution in [3.05, 3.63) is 29.3 Å². The highest BCUT2D eigenvalue weighted by atomic mass is 35.5. The summed E-state index contributed by atoms with van der Waals surface area (Å²) in [6, 6.07) is 7.73. The Balaban J connectivity index is 0.00000220. The first-order valence-electron chi connectivity index (χ1n) is 7.02. The van der Waals surface area contributed by atoms with E-state index in [1.54, 1.807) is 12.1 Å². The molecule has 0 aromatic heterocycles. The van der Waals surface area contributed by atoms with Crippen LogP contribution in [0.3, 0.4) is 0 Å². The molecule has 1 saturated heterocycles. The molecule has 118 valence electrons. The second kappa shape index (κ2) is 9.13. The number of nitrogens with zero attached hydrogens (tertiary/aromatic N) is 1. The maximum Gasteiger partial charge on any atom is 0.225 e. The number of halogens is 2. The quantitative estimate of drug-likeness (QED) is 0.901. The Kier molecular flexibility index (Phi) is 7.86. The molecule has 2 rings (SSSR count). The van der Waals surface area contributed by atoms with E-state index in [-0.39, 0.29) is 18.3 Å². The molecule has 1 N–H and O–H groups in total. The van der Waals surface area contributed by atoms with Crippen molar-refractivity contribution in [2.45, 2.75) is 25.3 Å². The number of amides is 1. The zero-order chi connectivity index (χ0) is 14.4. The SMILES string of the molecule is CNC1CCN(C(=O)CCOc2ccc(Cl)cc2)CC1.Cl. The number of nitrogens with one attached hydrogen (secondary N) is 1. The van der Waals surface area contributed by atoms with Gasteiger partial charge in [-0.3, -0.25) is 4.79 Å². The van der Waals surface area contributed by atoms with Crippen molar-refractivity contribution in [1.29, 1.82) is 0 Å². The minimum Gasteiger partial charge on any atom is -0.493 e. The number of likely N-dealkylation sites (tertiary alicyclic amines) is 1. The predicted octanol–water partition coefficient (Wildman–Crippen LogP) is 2.74. The van der Waals surface area contributed by atoms with Crippen LogP contribution in [0.15, 0.2) is 24.3 Å². The first-order chi connectivity index (χ1) is 9.69. The number of benzene rings is 1. The highest BCUT2D eigenvalue weighted by molar-refractivity contribution is 6.30. The predicted molar refractivity (Wildman–Crippen MR) is 87.5 cm³/mol. The fraction of sp³-hybridized carbons (Fsp3) is 0.533. The topological polar surface area (TPSA) is 41.6 Å². The van der Waals surface area contributed by atoms with E-state index in [0.717, 1.165) is 31.7 Å². The number of carbonyl (C=O) groups is 1. The van der Waals surface area contributed by atoms with Gasteiger partial charge in [0.15, 0.2) is 0 Å². The summed E-state index contributed by atoms with van der Waals surface area (Å²) < 4.78 is 5.55. The van der Waals surface area contributed by atoms with E-state index in [9.17, 15) is 4.79 Å². The summed E-state index contributed by atoms with van der Waals surface area (Å²) in [5.74, 6) is 0.921. The standard InChI is InChI=1S/C15H21ClN2O2.ClH/c1-17-13-6-9-18(10-7-13)15(19)8-11-20-14-4-2-12(16)3-5-14;/h2-5,13,17H,6-11H2,1H3;1H. The van der Waals surface area contributed by atoms with Crippen LogP contribution in [0.25, 0.3) is 0 Å². The molecule has 0 atom stereocenters. The van der Waals surface area contributed by atoms with Crippen LogP contribution in [0.5, 0.6) is 5.75 Å². The summed E-state index contributed by atoms with van der Waals surface area (Å²) in [6.45, 7) is 2.09. The Labute approximate surface area is 137 Å². The lowest BCUT2D eigenvalue weighted by molar-refractivity contribution is -0.132. The molecule has 4 nitrogen and oxygen atoms in total. The Morgan fingerprint density at radius 2 is 1.95 bits per heavy atom. The molecule has 0 unspecified atom stereocenters. The van der Waals surface area contributed by atoms with Gasteiger partial charge in [0.2, 0.25) is 5.91 Å². The van der Waals surface area contributed by atoms with Gasteiger partial charge in [0.1, 0.15) is 5.75 Å². The van der Waals surface area contributed by atoms with Gasteiger partial charge < -0.3 is 15.0 Å². The molecule has 1 heterocycles. The van der Waals surface area contributed by atoms with Gasteiger partial charge in [-0.15, -0.1) is 12.4 Å². The van der Waals surface area contributed by atoms with E-state index in [4.69, 9.17) is 16.3 Å². The molecule has 1 aromatic rings. The Morgan fingerprint density at radius 3 is 2.52 bits per heavy atom. The Bertz CT molecular complexity index is 432. The van der Waals surface area contributed by atoms with E-state index in [0.29, 0.717) is 24.1 Å². The van der Waals surface area contributed by atoms with Gasteiger partial charge in [-0.1, -0.05) is 11.6 Å². The summed E-state index contributed by atoms with van der Waals surface area (Å²) in [4.78, 5) is 14.0. The average molecular weight is 333 g/mol. The third-order valence-electron chi connectivity index (χ3n) is 3.65. The van der Waals surface area contributed by atoms with Crippen molar-refractivity contribution in [3.63, 3.8) is 0 Å². The molecule has 0 radical (unpaired) electrons. The second-order valence-corrected chi connectivity index (χ2v) is 5.43. The number of piperidine rings is 1. The molecule has 1 fully saturated rings. The zero-order valence-corrected chi connectivity index (χ0v) is 13.8. The molecule has 6 heteroatoms. The molecule has 1 aromatic carbocycles. The summed E-state index contributed by atoms with van der Waals surface area (Å²) in [5, 5.41) is 3.94. The Hall–Kier alpha value is -0.970. The molecule has 1 aliphatic rings. The van der Waals surface area contributed by atoms with Crippen LogP contribution in [-0.2, 0) is 4.79 Å². The fourth-order valence-corrected chi connectivity index (χ4v) is 2.49. The summed E-state index contributed by atoms with van der Waals surface area (Å²) in [5.41, 5.74) is 0. The van der Waals surface area contributed by atoms with Crippen LogP contribution in [0.4, 0.5) is 0 Å². The normalized spacial score (nSPS) is 15.4. The van der Waals surface area contributed by atoms with E-state index in [2.05, 4.69) is 5.32 Å². The molecular formula is C15H22Cl2N2O2. The van der Waals surface area contributed by atoms with Crippen LogP contribution in [0.1, 0.15) is 19.3 Å². The van der Waals surface area contributed by atoms with E-state index >= 15 is 0 Å². The molecule has 0 aliphatic carbocycles. The lowest BCUT2D eigenvalue weighted by Crippen LogP contribution is -2.44. The van der Waals surface area contributed by atoms with E-state index in [1.807, 2.05) is 24.1 Å². The van der Waals surface area contributed by atoms with Gasteiger partial charge in [0, 0.05) is 24.2 Å². The van der Waals surface area contributed by atoms with Crippen LogP contribution in [-0.4, -0.2) is 43.6 Å². The molecular weight excluding hydrogens is 311 g/mol. The highest BCUT2D eigenvalue weighted by Gasteiger charge is 2.21. The molecule has 21 heavy (non-hydrogen) atoms. The van der Waals surface area contributed by atoms with Gasteiger partial charge in [0.05, 0.1) is 13.0 Å². The summed E-state index contributed by atoms with van der Waals surface area (Å²) in [6.07, 6.45) is 2.48. The minimum absolute atomic E-state index is 0. The second-order valence-electron chi connectivity index (χ2n) is 5.00. The first-order valence-corrected chi connectivity index (χ1v) is 7.40. The summed E-state index contributed by atoms with van der Waals surface area (Å²) in [7, 11) is 1.97. The summed E-state index contributed by atoms with van der Waals surface area (Å²) >= 11 is 5.80. The van der Waals surface area contributed by atoms with Gasteiger partial charge in [-0.2, -0.15) is 0 Å². The smallest absolute Gasteiger partial charge is 0.225 e. The average Bonchev–Trinajstić information content (AvgIpc) is 2.49. The van der Waals surface area contributed by atoms with Crippen molar-refractivity contribution < 1.29 is 9.53 Å². The molecule has 1 amide bonds. The van der Waals surface area contributed by atoms with Gasteiger partial charge >= 0.3 is 0 Å². The van der Waals surface area contributed by atoms with Crippen LogP contribution >= 0.6 is 24.0 Å². The molecule has 0 saturated carbocycles. The number of ether oxygens (including phenoxy) is 1. The third-order valence-corrected chi connectivity index (χ3v) is 3.91. The number of hydrogen-bond donors (Lipinski definition) is 1. The van der Waals surface area contributed by atoms with Gasteiger partial charge in [0.25, 0.3) is 0 Å². The van der Waals surface area contributed by atoms with Crippen LogP contribution in [0.2, 0.25) is 5.02 Å². The lowest BCUT2D eigenvalue weighted by Gasteiger charge is -2.31. The van der Waals surface area contributed by atoms with Crippen LogP contribution in [0, 0.1) is 0 Å². The van der Waals surface area contributed by atoms with E-state index in [1.165, 1.54) is 0 Å². The number of carbonyl (C=O) groups excluding carboxylic acids is 1. The first kappa shape index (κ1) is 18.1. The third kappa shape index (κ3) is 5.73. The van der Waals surface area contributed by atoms with Crippen molar-refractivity contribution >= 4 is 29.9 Å². The Morgan fingerprint density at radius 1 is 1.33 bits per heavy atom. The fourth-order valence-electron chi connectivity index (χ4n) is 2.36. The lowest BCUT2D eigenvalue weighted by atomic mass is 10.1. The maximum atomic E-state index is 12.0. The van der Waals surface area contributed by atoms with Crippen molar-refractivity contribution in [2.24, 2.45) is 0 Å². The van der Waals surface area contributed by atoms with Crippen molar-refractivity contribution in [1.82, 2.24) is 10.2 Å². The molecule has 0 bridgehead atoms. The van der Waals surface area contributed by atoms with Crippen LogP contribution < -0.4 is 10.1 Å². The molecule has 0 spiro atoms. The number of rotatable bonds is 5.